The van der Waals surface area contributed by atoms with Crippen LogP contribution in [0.15, 0.2) is 47.6 Å². The highest BCUT2D eigenvalue weighted by Crippen LogP contribution is 2.37. The molecule has 3 heterocycles. The van der Waals surface area contributed by atoms with E-state index in [4.69, 9.17) is 4.74 Å². The van der Waals surface area contributed by atoms with E-state index in [2.05, 4.69) is 23.9 Å². The van der Waals surface area contributed by atoms with Crippen molar-refractivity contribution >= 4 is 18.0 Å². The minimum absolute atomic E-state index is 0.238. The number of thioether (sulfide) groups is 1. The van der Waals surface area contributed by atoms with Gasteiger partial charge in [-0.25, -0.2) is 0 Å². The van der Waals surface area contributed by atoms with E-state index < -0.39 is 0 Å². The number of aldehydes is 1. The maximum Gasteiger partial charge on any atom is 0.154 e. The fourth-order valence-corrected chi connectivity index (χ4v) is 4.47. The maximum absolute atomic E-state index is 11.7. The number of rotatable bonds is 6. The molecule has 1 aromatic carbocycles. The zero-order valence-corrected chi connectivity index (χ0v) is 16.2. The Bertz CT molecular complexity index is 981. The van der Waals surface area contributed by atoms with E-state index in [0.717, 1.165) is 41.0 Å². The average Bonchev–Trinajstić information content (AvgIpc) is 3.35. The molecular formula is C21H21N3O2S. The zero-order chi connectivity index (χ0) is 18.8. The number of ether oxygens (including phenoxy) is 1. The summed E-state index contributed by atoms with van der Waals surface area (Å²) in [6.07, 6.45) is 5.40. The molecule has 0 bridgehead atoms. The highest BCUT2D eigenvalue weighted by Gasteiger charge is 2.20. The van der Waals surface area contributed by atoms with Crippen molar-refractivity contribution in [2.75, 3.05) is 5.75 Å². The number of hydrogen-bond acceptors (Lipinski definition) is 5. The lowest BCUT2D eigenvalue weighted by Gasteiger charge is -2.15. The summed E-state index contributed by atoms with van der Waals surface area (Å²) in [6.45, 7) is 4.53. The predicted octanol–water partition coefficient (Wildman–Crippen LogP) is 4.57. The molecule has 1 aliphatic rings. The molecule has 27 heavy (non-hydrogen) atoms. The Morgan fingerprint density at radius 3 is 2.96 bits per heavy atom. The molecular weight excluding hydrogens is 358 g/mol. The normalized spacial score (nSPS) is 13.0. The van der Waals surface area contributed by atoms with E-state index >= 15 is 0 Å². The van der Waals surface area contributed by atoms with Crippen LogP contribution >= 0.6 is 11.8 Å². The van der Waals surface area contributed by atoms with Crippen molar-refractivity contribution in [2.45, 2.75) is 37.8 Å². The second-order valence-corrected chi connectivity index (χ2v) is 7.86. The third kappa shape index (κ3) is 3.37. The maximum atomic E-state index is 11.7. The topological polar surface area (TPSA) is 57.0 Å². The van der Waals surface area contributed by atoms with Gasteiger partial charge < -0.3 is 4.74 Å². The molecule has 0 saturated heterocycles. The van der Waals surface area contributed by atoms with Crippen molar-refractivity contribution in [2.24, 2.45) is 0 Å². The summed E-state index contributed by atoms with van der Waals surface area (Å²) in [4.78, 5) is 17.4. The highest BCUT2D eigenvalue weighted by molar-refractivity contribution is 7.99. The van der Waals surface area contributed by atoms with Crippen LogP contribution in [0.2, 0.25) is 0 Å². The van der Waals surface area contributed by atoms with Crippen molar-refractivity contribution in [1.82, 2.24) is 14.8 Å². The van der Waals surface area contributed by atoms with Gasteiger partial charge in [0.25, 0.3) is 0 Å². The summed E-state index contributed by atoms with van der Waals surface area (Å²) in [5, 5.41) is 4.41. The molecule has 0 N–H and O–H groups in total. The summed E-state index contributed by atoms with van der Waals surface area (Å²) in [5.41, 5.74) is 4.57. The van der Waals surface area contributed by atoms with Gasteiger partial charge in [-0.15, -0.1) is 11.8 Å². The number of hydrogen-bond donors (Lipinski definition) is 0. The standard InChI is InChI=1S/C21H21N3O2S/c1-14(2)24-18(7-10-23-24)21-15(4-3-9-22-21)13-26-19-5-6-20-16(8-11-27-20)17(19)12-25/h3-7,9-10,12,14H,8,11,13H2,1-2H3. The van der Waals surface area contributed by atoms with E-state index in [-0.39, 0.29) is 6.04 Å². The Balaban J connectivity index is 1.64. The van der Waals surface area contributed by atoms with Gasteiger partial charge in [-0.3, -0.25) is 14.5 Å². The smallest absolute Gasteiger partial charge is 0.154 e. The van der Waals surface area contributed by atoms with Crippen molar-refractivity contribution < 1.29 is 9.53 Å². The van der Waals surface area contributed by atoms with Crippen molar-refractivity contribution in [3.63, 3.8) is 0 Å². The first-order valence-corrected chi connectivity index (χ1v) is 10.0. The minimum Gasteiger partial charge on any atom is -0.488 e. The molecule has 6 heteroatoms. The van der Waals surface area contributed by atoms with Crippen LogP contribution in [0.5, 0.6) is 5.75 Å². The molecule has 1 aliphatic heterocycles. The second kappa shape index (κ2) is 7.56. The van der Waals surface area contributed by atoms with Crippen molar-refractivity contribution in [1.29, 1.82) is 0 Å². The van der Waals surface area contributed by atoms with Crippen molar-refractivity contribution in [3.05, 3.63) is 59.4 Å². The van der Waals surface area contributed by atoms with E-state index in [1.54, 1.807) is 24.2 Å². The Morgan fingerprint density at radius 2 is 2.15 bits per heavy atom. The Labute approximate surface area is 162 Å². The first-order valence-electron chi connectivity index (χ1n) is 9.03. The first kappa shape index (κ1) is 17.8. The van der Waals surface area contributed by atoms with Crippen LogP contribution in [-0.4, -0.2) is 26.8 Å². The summed E-state index contributed by atoms with van der Waals surface area (Å²) in [5.74, 6) is 1.66. The molecule has 2 aromatic heterocycles. The monoisotopic (exact) mass is 379 g/mol. The molecule has 138 valence electrons. The predicted molar refractivity (Wildman–Crippen MR) is 106 cm³/mol. The van der Waals surface area contributed by atoms with Gasteiger partial charge in [-0.05, 0) is 50.1 Å². The van der Waals surface area contributed by atoms with Crippen LogP contribution in [0.4, 0.5) is 0 Å². The number of fused-ring (bicyclic) bond motifs is 1. The molecule has 0 unspecified atom stereocenters. The Hall–Kier alpha value is -2.60. The lowest BCUT2D eigenvalue weighted by molar-refractivity contribution is 0.111. The number of aromatic nitrogens is 3. The number of carbonyl (C=O) groups excluding carboxylic acids is 1. The van der Waals surface area contributed by atoms with E-state index in [0.29, 0.717) is 17.9 Å². The molecule has 0 atom stereocenters. The van der Waals surface area contributed by atoms with Gasteiger partial charge in [0.15, 0.2) is 6.29 Å². The van der Waals surface area contributed by atoms with Gasteiger partial charge >= 0.3 is 0 Å². The molecule has 4 rings (SSSR count). The van der Waals surface area contributed by atoms with Crippen LogP contribution in [0.3, 0.4) is 0 Å². The van der Waals surface area contributed by atoms with Gasteiger partial charge in [-0.2, -0.15) is 5.10 Å². The SMILES string of the molecule is CC(C)n1nccc1-c1ncccc1COc1ccc2c(c1C=O)CCS2. The van der Waals surface area contributed by atoms with E-state index in [1.165, 1.54) is 4.90 Å². The Kier molecular flexibility index (Phi) is 4.99. The molecule has 3 aromatic rings. The molecule has 5 nitrogen and oxygen atoms in total. The van der Waals surface area contributed by atoms with Gasteiger partial charge in [-0.1, -0.05) is 6.07 Å². The van der Waals surface area contributed by atoms with Gasteiger partial charge in [0.1, 0.15) is 12.4 Å². The molecule has 0 fully saturated rings. The summed E-state index contributed by atoms with van der Waals surface area (Å²) in [6, 6.07) is 10.1. The summed E-state index contributed by atoms with van der Waals surface area (Å²) < 4.78 is 8.02. The number of nitrogens with zero attached hydrogens (tertiary/aromatic N) is 3. The van der Waals surface area contributed by atoms with Crippen LogP contribution < -0.4 is 4.74 Å². The average molecular weight is 379 g/mol. The fraction of sp³-hybridized carbons (Fsp3) is 0.286. The number of benzene rings is 1. The summed E-state index contributed by atoms with van der Waals surface area (Å²) in [7, 11) is 0. The van der Waals surface area contributed by atoms with Crippen LogP contribution in [0, 0.1) is 0 Å². The van der Waals surface area contributed by atoms with Crippen molar-refractivity contribution in [3.8, 4) is 17.1 Å². The lowest BCUT2D eigenvalue weighted by atomic mass is 10.1. The zero-order valence-electron chi connectivity index (χ0n) is 15.4. The summed E-state index contributed by atoms with van der Waals surface area (Å²) >= 11 is 1.79. The molecule has 0 aliphatic carbocycles. The van der Waals surface area contributed by atoms with Gasteiger partial charge in [0.2, 0.25) is 0 Å². The Morgan fingerprint density at radius 1 is 1.26 bits per heavy atom. The highest BCUT2D eigenvalue weighted by atomic mass is 32.2. The first-order chi connectivity index (χ1) is 13.2. The molecule has 0 saturated carbocycles. The van der Waals surface area contributed by atoms with Crippen LogP contribution in [0.1, 0.15) is 41.4 Å². The number of pyridine rings is 1. The molecule has 0 radical (unpaired) electrons. The van der Waals surface area contributed by atoms with E-state index in [9.17, 15) is 4.79 Å². The third-order valence-electron chi connectivity index (χ3n) is 4.68. The van der Waals surface area contributed by atoms with Gasteiger partial charge in [0.05, 0.1) is 17.0 Å². The van der Waals surface area contributed by atoms with Crippen LogP contribution in [-0.2, 0) is 13.0 Å². The fourth-order valence-electron chi connectivity index (χ4n) is 3.39. The second-order valence-electron chi connectivity index (χ2n) is 6.72. The van der Waals surface area contributed by atoms with Crippen LogP contribution in [0.25, 0.3) is 11.4 Å². The quantitative estimate of drug-likeness (QED) is 0.588. The number of carbonyl (C=O) groups is 1. The van der Waals surface area contributed by atoms with Gasteiger partial charge in [0, 0.05) is 34.6 Å². The lowest BCUT2D eigenvalue weighted by Crippen LogP contribution is -2.08. The largest absolute Gasteiger partial charge is 0.488 e. The minimum atomic E-state index is 0.238. The third-order valence-corrected chi connectivity index (χ3v) is 5.78. The molecule has 0 spiro atoms. The molecule has 0 amide bonds. The van der Waals surface area contributed by atoms with E-state index in [1.807, 2.05) is 35.0 Å².